The minimum atomic E-state index is -0.0176. The Morgan fingerprint density at radius 1 is 1.44 bits per heavy atom. The van der Waals surface area contributed by atoms with E-state index in [1.807, 2.05) is 18.2 Å². The summed E-state index contributed by atoms with van der Waals surface area (Å²) >= 11 is 0. The third-order valence-corrected chi connectivity index (χ3v) is 2.95. The van der Waals surface area contributed by atoms with Crippen LogP contribution in [0.2, 0.25) is 0 Å². The van der Waals surface area contributed by atoms with E-state index in [4.69, 9.17) is 10.5 Å². The number of hydrogen-bond acceptors (Lipinski definition) is 3. The molecule has 0 saturated carbocycles. The van der Waals surface area contributed by atoms with Gasteiger partial charge in [0.05, 0.1) is 5.60 Å². The van der Waals surface area contributed by atoms with Crippen molar-refractivity contribution in [2.75, 3.05) is 17.7 Å². The summed E-state index contributed by atoms with van der Waals surface area (Å²) < 4.78 is 5.69. The van der Waals surface area contributed by atoms with Gasteiger partial charge in [-0.05, 0) is 44.9 Å². The molecule has 1 aromatic carbocycles. The van der Waals surface area contributed by atoms with Crippen molar-refractivity contribution < 1.29 is 4.74 Å². The molecule has 0 spiro atoms. The van der Waals surface area contributed by atoms with E-state index in [0.717, 1.165) is 30.8 Å². The first-order valence-electron chi connectivity index (χ1n) is 5.81. The minimum Gasteiger partial charge on any atom is -0.399 e. The largest absolute Gasteiger partial charge is 0.399 e. The van der Waals surface area contributed by atoms with Crippen LogP contribution in [0.1, 0.15) is 26.7 Å². The molecule has 0 radical (unpaired) electrons. The molecule has 1 unspecified atom stereocenters. The van der Waals surface area contributed by atoms with Crippen LogP contribution in [0.25, 0.3) is 0 Å². The summed E-state index contributed by atoms with van der Waals surface area (Å²) in [5.74, 6) is 0. The zero-order valence-corrected chi connectivity index (χ0v) is 9.99. The Kier molecular flexibility index (Phi) is 3.06. The summed E-state index contributed by atoms with van der Waals surface area (Å²) in [6, 6.07) is 8.38. The first-order chi connectivity index (χ1) is 7.55. The molecule has 16 heavy (non-hydrogen) atoms. The van der Waals surface area contributed by atoms with E-state index in [2.05, 4.69) is 25.2 Å². The number of ether oxygens (including phenoxy) is 1. The zero-order chi connectivity index (χ0) is 11.6. The Morgan fingerprint density at radius 2 is 2.25 bits per heavy atom. The second kappa shape index (κ2) is 4.34. The molecule has 1 aliphatic rings. The van der Waals surface area contributed by atoms with E-state index >= 15 is 0 Å². The average molecular weight is 220 g/mol. The highest BCUT2D eigenvalue weighted by Gasteiger charge is 2.28. The normalized spacial score (nSPS) is 24.0. The topological polar surface area (TPSA) is 47.3 Å². The van der Waals surface area contributed by atoms with Crippen LogP contribution >= 0.6 is 0 Å². The number of nitrogens with one attached hydrogen (secondary N) is 1. The first kappa shape index (κ1) is 11.3. The van der Waals surface area contributed by atoms with Crippen molar-refractivity contribution in [1.29, 1.82) is 0 Å². The predicted molar refractivity (Wildman–Crippen MR) is 67.5 cm³/mol. The predicted octanol–water partition coefficient (Wildman–Crippen LogP) is 2.64. The van der Waals surface area contributed by atoms with Crippen LogP contribution in [-0.4, -0.2) is 18.2 Å². The number of hydrogen-bond donors (Lipinski definition) is 2. The molecular formula is C13H20N2O. The molecule has 88 valence electrons. The lowest BCUT2D eigenvalue weighted by Crippen LogP contribution is -2.40. The fourth-order valence-electron chi connectivity index (χ4n) is 2.22. The molecular weight excluding hydrogens is 200 g/mol. The molecule has 0 bridgehead atoms. The number of nitrogen functional groups attached to an aromatic ring is 1. The molecule has 0 amide bonds. The van der Waals surface area contributed by atoms with Gasteiger partial charge in [-0.1, -0.05) is 6.07 Å². The highest BCUT2D eigenvalue weighted by atomic mass is 16.5. The Morgan fingerprint density at radius 3 is 2.94 bits per heavy atom. The summed E-state index contributed by atoms with van der Waals surface area (Å²) in [5.41, 5.74) is 7.64. The van der Waals surface area contributed by atoms with E-state index in [1.54, 1.807) is 0 Å². The lowest BCUT2D eigenvalue weighted by Gasteiger charge is -2.36. The SMILES string of the molecule is CC1(C)CC(Nc2cccc(N)c2)CCO1. The fraction of sp³-hybridized carbons (Fsp3) is 0.538. The second-order valence-electron chi connectivity index (χ2n) is 5.07. The average Bonchev–Trinajstić information content (AvgIpc) is 2.15. The Balaban J connectivity index is 1.99. The van der Waals surface area contributed by atoms with Gasteiger partial charge < -0.3 is 15.8 Å². The standard InChI is InChI=1S/C13H20N2O/c1-13(2)9-12(6-7-16-13)15-11-5-3-4-10(14)8-11/h3-5,8,12,15H,6-7,9,14H2,1-2H3. The lowest BCUT2D eigenvalue weighted by atomic mass is 9.94. The van der Waals surface area contributed by atoms with Gasteiger partial charge in [-0.25, -0.2) is 0 Å². The summed E-state index contributed by atoms with van der Waals surface area (Å²) in [6.07, 6.45) is 2.08. The van der Waals surface area contributed by atoms with Crippen LogP contribution in [0.15, 0.2) is 24.3 Å². The van der Waals surface area contributed by atoms with Crippen LogP contribution in [0.5, 0.6) is 0 Å². The minimum absolute atomic E-state index is 0.0176. The maximum atomic E-state index is 5.75. The van der Waals surface area contributed by atoms with Crippen molar-refractivity contribution in [3.63, 3.8) is 0 Å². The van der Waals surface area contributed by atoms with Gasteiger partial charge in [0.15, 0.2) is 0 Å². The molecule has 2 rings (SSSR count). The third-order valence-electron chi connectivity index (χ3n) is 2.95. The van der Waals surface area contributed by atoms with Crippen LogP contribution in [-0.2, 0) is 4.74 Å². The Bertz CT molecular complexity index is 363. The highest BCUT2D eigenvalue weighted by Crippen LogP contribution is 2.26. The Labute approximate surface area is 97.0 Å². The van der Waals surface area contributed by atoms with Crippen molar-refractivity contribution in [3.05, 3.63) is 24.3 Å². The zero-order valence-electron chi connectivity index (χ0n) is 9.99. The van der Waals surface area contributed by atoms with Gasteiger partial charge in [-0.3, -0.25) is 0 Å². The van der Waals surface area contributed by atoms with Crippen molar-refractivity contribution in [3.8, 4) is 0 Å². The number of nitrogens with two attached hydrogens (primary N) is 1. The third kappa shape index (κ3) is 2.89. The van der Waals surface area contributed by atoms with Crippen LogP contribution in [0, 0.1) is 0 Å². The molecule has 3 heteroatoms. The number of benzene rings is 1. The monoisotopic (exact) mass is 220 g/mol. The first-order valence-corrected chi connectivity index (χ1v) is 5.81. The maximum Gasteiger partial charge on any atom is 0.0646 e. The second-order valence-corrected chi connectivity index (χ2v) is 5.07. The summed E-state index contributed by atoms with van der Waals surface area (Å²) in [4.78, 5) is 0. The van der Waals surface area contributed by atoms with Gasteiger partial charge in [-0.2, -0.15) is 0 Å². The summed E-state index contributed by atoms with van der Waals surface area (Å²) in [5, 5.41) is 3.52. The quantitative estimate of drug-likeness (QED) is 0.753. The van der Waals surface area contributed by atoms with Crippen LogP contribution < -0.4 is 11.1 Å². The van der Waals surface area contributed by atoms with E-state index < -0.39 is 0 Å². The van der Waals surface area contributed by atoms with Gasteiger partial charge in [0.2, 0.25) is 0 Å². The molecule has 1 fully saturated rings. The molecule has 1 heterocycles. The van der Waals surface area contributed by atoms with Crippen LogP contribution in [0.3, 0.4) is 0 Å². The number of rotatable bonds is 2. The van der Waals surface area contributed by atoms with E-state index in [0.29, 0.717) is 6.04 Å². The van der Waals surface area contributed by atoms with Gasteiger partial charge in [-0.15, -0.1) is 0 Å². The molecule has 1 saturated heterocycles. The van der Waals surface area contributed by atoms with E-state index in [-0.39, 0.29) is 5.60 Å². The van der Waals surface area contributed by atoms with Gasteiger partial charge in [0.25, 0.3) is 0 Å². The maximum absolute atomic E-state index is 5.75. The lowest BCUT2D eigenvalue weighted by molar-refractivity contribution is -0.0553. The van der Waals surface area contributed by atoms with Crippen molar-refractivity contribution >= 4 is 11.4 Å². The molecule has 3 N–H and O–H groups in total. The molecule has 3 nitrogen and oxygen atoms in total. The van der Waals surface area contributed by atoms with Crippen molar-refractivity contribution in [1.82, 2.24) is 0 Å². The van der Waals surface area contributed by atoms with Gasteiger partial charge in [0, 0.05) is 24.0 Å². The van der Waals surface area contributed by atoms with E-state index in [9.17, 15) is 0 Å². The van der Waals surface area contributed by atoms with E-state index in [1.165, 1.54) is 0 Å². The number of anilines is 2. The fourth-order valence-corrected chi connectivity index (χ4v) is 2.22. The molecule has 1 aliphatic heterocycles. The van der Waals surface area contributed by atoms with Crippen LogP contribution in [0.4, 0.5) is 11.4 Å². The summed E-state index contributed by atoms with van der Waals surface area (Å²) in [6.45, 7) is 5.10. The molecule has 0 aromatic heterocycles. The molecule has 1 atom stereocenters. The van der Waals surface area contributed by atoms with Gasteiger partial charge >= 0.3 is 0 Å². The highest BCUT2D eigenvalue weighted by molar-refractivity contribution is 5.54. The smallest absolute Gasteiger partial charge is 0.0646 e. The van der Waals surface area contributed by atoms with Gasteiger partial charge in [0.1, 0.15) is 0 Å². The molecule has 0 aliphatic carbocycles. The van der Waals surface area contributed by atoms with Crippen molar-refractivity contribution in [2.24, 2.45) is 0 Å². The molecule has 1 aromatic rings. The Hall–Kier alpha value is -1.22. The van der Waals surface area contributed by atoms with Crippen molar-refractivity contribution in [2.45, 2.75) is 38.3 Å². The summed E-state index contributed by atoms with van der Waals surface area (Å²) in [7, 11) is 0.